The fourth-order valence-electron chi connectivity index (χ4n) is 5.89. The predicted octanol–water partition coefficient (Wildman–Crippen LogP) is 2.57. The second kappa shape index (κ2) is 11.7. The van der Waals surface area contributed by atoms with E-state index in [0.29, 0.717) is 18.5 Å². The highest BCUT2D eigenvalue weighted by Gasteiger charge is 2.52. The molecule has 0 spiro atoms. The van der Waals surface area contributed by atoms with E-state index in [-0.39, 0.29) is 42.1 Å². The van der Waals surface area contributed by atoms with Gasteiger partial charge < -0.3 is 24.8 Å². The number of hydrogen-bond donors (Lipinski definition) is 1. The van der Waals surface area contributed by atoms with Crippen LogP contribution >= 0.6 is 0 Å². The summed E-state index contributed by atoms with van der Waals surface area (Å²) in [4.78, 5) is 45.9. The molecule has 1 aromatic rings. The van der Waals surface area contributed by atoms with E-state index >= 15 is 0 Å². The van der Waals surface area contributed by atoms with Gasteiger partial charge in [0.25, 0.3) is 5.91 Å². The number of hydrogen-bond acceptors (Lipinski definition) is 6. The number of likely N-dealkylation sites (tertiary alicyclic amines) is 1. The average molecular weight is 499 g/mol. The Labute approximate surface area is 215 Å². The van der Waals surface area contributed by atoms with Crippen molar-refractivity contribution >= 4 is 23.3 Å². The summed E-state index contributed by atoms with van der Waals surface area (Å²) in [7, 11) is 0. The number of carbonyl (C=O) groups is 3. The van der Waals surface area contributed by atoms with E-state index in [4.69, 9.17) is 4.74 Å². The Morgan fingerprint density at radius 1 is 1.08 bits per heavy atom. The molecule has 8 heteroatoms. The van der Waals surface area contributed by atoms with Crippen molar-refractivity contribution in [1.82, 2.24) is 15.1 Å². The van der Waals surface area contributed by atoms with Crippen LogP contribution in [0.15, 0.2) is 24.3 Å². The number of nitrogens with zero attached hydrogens (tertiary/aromatic N) is 3. The lowest BCUT2D eigenvalue weighted by Gasteiger charge is -2.35. The van der Waals surface area contributed by atoms with Crippen LogP contribution in [0.1, 0.15) is 57.3 Å². The number of nitrogens with one attached hydrogen (secondary N) is 1. The van der Waals surface area contributed by atoms with Crippen LogP contribution in [0.2, 0.25) is 0 Å². The number of ether oxygens (including phenoxy) is 1. The molecule has 8 nitrogen and oxygen atoms in total. The largest absolute Gasteiger partial charge is 0.369 e. The molecule has 4 rings (SSSR count). The molecular formula is C28H42N4O4. The third kappa shape index (κ3) is 5.75. The summed E-state index contributed by atoms with van der Waals surface area (Å²) in [5.74, 6) is -0.0839. The minimum absolute atomic E-state index is 0.0306. The molecule has 0 radical (unpaired) electrons. The van der Waals surface area contributed by atoms with Crippen LogP contribution in [0, 0.1) is 11.8 Å². The number of anilines is 1. The number of piperazine rings is 1. The van der Waals surface area contributed by atoms with Gasteiger partial charge in [-0.2, -0.15) is 0 Å². The van der Waals surface area contributed by atoms with Gasteiger partial charge in [-0.25, -0.2) is 0 Å². The SMILES string of the molecule is CCC[C@H]1CN(C(=O)C(CC(C)C)NC(=O)c2ccc(N3CCN(CC)CC3)cc2)[C@@H]2C(=O)CO[C@H]12. The van der Waals surface area contributed by atoms with Gasteiger partial charge in [0.05, 0.1) is 6.10 Å². The van der Waals surface area contributed by atoms with Crippen LogP contribution in [0.5, 0.6) is 0 Å². The first-order chi connectivity index (χ1) is 17.3. The van der Waals surface area contributed by atoms with Crippen molar-refractivity contribution in [3.8, 4) is 0 Å². The van der Waals surface area contributed by atoms with Crippen molar-refractivity contribution in [2.45, 2.75) is 65.1 Å². The molecule has 3 heterocycles. The van der Waals surface area contributed by atoms with Crippen LogP contribution in [-0.4, -0.2) is 91.5 Å². The molecule has 3 aliphatic rings. The number of Topliss-reactive ketones (excluding diaryl/α,β-unsaturated/α-hetero) is 1. The van der Waals surface area contributed by atoms with E-state index in [2.05, 4.69) is 29.0 Å². The fourth-order valence-corrected chi connectivity index (χ4v) is 5.89. The molecule has 1 N–H and O–H groups in total. The highest BCUT2D eigenvalue weighted by Crippen LogP contribution is 2.35. The van der Waals surface area contributed by atoms with Crippen LogP contribution in [0.3, 0.4) is 0 Å². The highest BCUT2D eigenvalue weighted by atomic mass is 16.5. The van der Waals surface area contributed by atoms with Crippen molar-refractivity contribution < 1.29 is 19.1 Å². The van der Waals surface area contributed by atoms with Crippen molar-refractivity contribution in [3.63, 3.8) is 0 Å². The van der Waals surface area contributed by atoms with E-state index in [1.54, 1.807) is 4.90 Å². The summed E-state index contributed by atoms with van der Waals surface area (Å²) < 4.78 is 5.78. The van der Waals surface area contributed by atoms with E-state index < -0.39 is 12.1 Å². The zero-order valence-corrected chi connectivity index (χ0v) is 22.2. The first-order valence-corrected chi connectivity index (χ1v) is 13.6. The van der Waals surface area contributed by atoms with Crippen molar-refractivity contribution in [1.29, 1.82) is 0 Å². The summed E-state index contributed by atoms with van der Waals surface area (Å²) in [6.07, 6.45) is 2.19. The zero-order chi connectivity index (χ0) is 25.8. The first kappa shape index (κ1) is 26.6. The molecule has 1 unspecified atom stereocenters. The molecule has 0 bridgehead atoms. The Kier molecular flexibility index (Phi) is 8.67. The van der Waals surface area contributed by atoms with Gasteiger partial charge in [-0.1, -0.05) is 34.1 Å². The standard InChI is InChI=1S/C28H42N4O4/c1-5-7-21-17-32(25-24(33)18-36-26(21)25)28(35)23(16-19(3)4)29-27(34)20-8-10-22(11-9-20)31-14-12-30(6-2)13-15-31/h8-11,19,21,23,25-26H,5-7,12-18H2,1-4H3,(H,29,34)/t21-,23?,25+,26+/m0/s1. The normalized spacial score (nSPS) is 25.4. The smallest absolute Gasteiger partial charge is 0.251 e. The second-order valence-corrected chi connectivity index (χ2v) is 10.8. The zero-order valence-electron chi connectivity index (χ0n) is 22.2. The van der Waals surface area contributed by atoms with E-state index in [0.717, 1.165) is 51.3 Å². The lowest BCUT2D eigenvalue weighted by molar-refractivity contribution is -0.138. The molecule has 3 fully saturated rings. The molecule has 2 amide bonds. The monoisotopic (exact) mass is 498 g/mol. The Morgan fingerprint density at radius 2 is 1.78 bits per heavy atom. The minimum atomic E-state index is -0.672. The Morgan fingerprint density at radius 3 is 2.39 bits per heavy atom. The van der Waals surface area contributed by atoms with Gasteiger partial charge in [0.2, 0.25) is 5.91 Å². The number of ketones is 1. The van der Waals surface area contributed by atoms with E-state index in [1.165, 1.54) is 0 Å². The Hall–Kier alpha value is -2.45. The van der Waals surface area contributed by atoms with Gasteiger partial charge >= 0.3 is 0 Å². The average Bonchev–Trinajstić information content (AvgIpc) is 3.44. The van der Waals surface area contributed by atoms with Crippen LogP contribution in [-0.2, 0) is 14.3 Å². The first-order valence-electron chi connectivity index (χ1n) is 13.6. The number of benzene rings is 1. The Balaban J connectivity index is 1.43. The second-order valence-electron chi connectivity index (χ2n) is 10.8. The topological polar surface area (TPSA) is 82.2 Å². The third-order valence-electron chi connectivity index (χ3n) is 7.86. The molecule has 0 aromatic heterocycles. The summed E-state index contributed by atoms with van der Waals surface area (Å²) in [5.41, 5.74) is 1.65. The maximum absolute atomic E-state index is 13.7. The number of amides is 2. The maximum atomic E-state index is 13.7. The molecular weight excluding hydrogens is 456 g/mol. The molecule has 198 valence electrons. The van der Waals surface area contributed by atoms with Crippen molar-refractivity contribution in [3.05, 3.63) is 29.8 Å². The molecule has 1 aromatic carbocycles. The molecule has 4 atom stereocenters. The molecule has 0 aliphatic carbocycles. The third-order valence-corrected chi connectivity index (χ3v) is 7.86. The van der Waals surface area contributed by atoms with E-state index in [9.17, 15) is 14.4 Å². The van der Waals surface area contributed by atoms with Crippen LogP contribution < -0.4 is 10.2 Å². The van der Waals surface area contributed by atoms with Crippen LogP contribution in [0.25, 0.3) is 0 Å². The van der Waals surface area contributed by atoms with Gasteiger partial charge in [-0.05, 0) is 49.6 Å². The molecule has 3 saturated heterocycles. The number of carbonyl (C=O) groups excluding carboxylic acids is 3. The molecule has 0 saturated carbocycles. The van der Waals surface area contributed by atoms with E-state index in [1.807, 2.05) is 38.1 Å². The summed E-state index contributed by atoms with van der Waals surface area (Å²) in [6, 6.07) is 6.47. The lowest BCUT2D eigenvalue weighted by Crippen LogP contribution is -2.52. The summed E-state index contributed by atoms with van der Waals surface area (Å²) >= 11 is 0. The summed E-state index contributed by atoms with van der Waals surface area (Å²) in [6.45, 7) is 14.1. The fraction of sp³-hybridized carbons (Fsp3) is 0.679. The number of rotatable bonds is 9. The van der Waals surface area contributed by atoms with Crippen molar-refractivity contribution in [2.24, 2.45) is 11.8 Å². The number of likely N-dealkylation sites (N-methyl/N-ethyl adjacent to an activating group) is 1. The van der Waals surface area contributed by atoms with Gasteiger partial charge in [-0.3, -0.25) is 14.4 Å². The number of fused-ring (bicyclic) bond motifs is 1. The Bertz CT molecular complexity index is 926. The summed E-state index contributed by atoms with van der Waals surface area (Å²) in [5, 5.41) is 2.99. The van der Waals surface area contributed by atoms with Gasteiger partial charge in [0.15, 0.2) is 5.78 Å². The van der Waals surface area contributed by atoms with Crippen molar-refractivity contribution in [2.75, 3.05) is 50.8 Å². The quantitative estimate of drug-likeness (QED) is 0.564. The van der Waals surface area contributed by atoms with Gasteiger partial charge in [0, 0.05) is 49.9 Å². The lowest BCUT2D eigenvalue weighted by atomic mass is 9.97. The van der Waals surface area contributed by atoms with Gasteiger partial charge in [-0.15, -0.1) is 0 Å². The van der Waals surface area contributed by atoms with Gasteiger partial charge in [0.1, 0.15) is 18.7 Å². The minimum Gasteiger partial charge on any atom is -0.369 e. The predicted molar refractivity (Wildman–Crippen MR) is 140 cm³/mol. The molecule has 3 aliphatic heterocycles. The maximum Gasteiger partial charge on any atom is 0.251 e. The molecule has 36 heavy (non-hydrogen) atoms. The highest BCUT2D eigenvalue weighted by molar-refractivity contribution is 5.99. The van der Waals surface area contributed by atoms with Crippen LogP contribution in [0.4, 0.5) is 5.69 Å².